The summed E-state index contributed by atoms with van der Waals surface area (Å²) in [5.74, 6) is -0.611. The number of aromatic amines is 1. The molecule has 4 N–H and O–H groups in total. The van der Waals surface area contributed by atoms with E-state index in [1.54, 1.807) is 18.3 Å². The van der Waals surface area contributed by atoms with Gasteiger partial charge in [-0.05, 0) is 48.9 Å². The molecule has 1 aromatic heterocycles. The van der Waals surface area contributed by atoms with Crippen LogP contribution in [0.15, 0.2) is 54.7 Å². The molecule has 2 amide bonds. The number of rotatable bonds is 6. The fourth-order valence-electron chi connectivity index (χ4n) is 4.17. The lowest BCUT2D eigenvalue weighted by atomic mass is 9.94. The van der Waals surface area contributed by atoms with Crippen molar-refractivity contribution < 1.29 is 9.59 Å². The van der Waals surface area contributed by atoms with Crippen LogP contribution in [-0.4, -0.2) is 66.4 Å². The standard InChI is InChI=1S/C25H29N5O2/c1-17-18(19-8-9-21(25(26)32)24-20(19)10-11-27-24)5-3-6-22(17)28-23(31)7-4-12-30-15-13-29(2)14-16-30/h3-11,27H,12-16H2,1-2H3,(H2,26,32)(H,28,31)/b7-4+. The number of anilines is 1. The first-order chi connectivity index (χ1) is 15.4. The van der Waals surface area contributed by atoms with Crippen molar-refractivity contribution in [3.8, 4) is 11.1 Å². The number of carbonyl (C=O) groups excluding carboxylic acids is 2. The molecule has 7 nitrogen and oxygen atoms in total. The van der Waals surface area contributed by atoms with Crippen molar-refractivity contribution in [2.24, 2.45) is 5.73 Å². The molecule has 0 radical (unpaired) electrons. The van der Waals surface area contributed by atoms with Crippen molar-refractivity contribution in [2.45, 2.75) is 6.92 Å². The molecule has 2 aromatic carbocycles. The number of fused-ring (bicyclic) bond motifs is 1. The number of likely N-dealkylation sites (N-methyl/N-ethyl adjacent to an activating group) is 1. The first kappa shape index (κ1) is 21.8. The van der Waals surface area contributed by atoms with Crippen LogP contribution >= 0.6 is 0 Å². The summed E-state index contributed by atoms with van der Waals surface area (Å²) in [5.41, 5.74) is 10.4. The Morgan fingerprint density at radius 2 is 1.88 bits per heavy atom. The van der Waals surface area contributed by atoms with Crippen molar-refractivity contribution in [3.63, 3.8) is 0 Å². The number of benzene rings is 2. The van der Waals surface area contributed by atoms with Crippen molar-refractivity contribution in [1.29, 1.82) is 0 Å². The van der Waals surface area contributed by atoms with E-state index < -0.39 is 5.91 Å². The van der Waals surface area contributed by atoms with Crippen LogP contribution in [0, 0.1) is 6.92 Å². The molecule has 0 spiro atoms. The number of nitrogens with two attached hydrogens (primary N) is 1. The van der Waals surface area contributed by atoms with Crippen LogP contribution in [0.3, 0.4) is 0 Å². The van der Waals surface area contributed by atoms with Gasteiger partial charge in [-0.2, -0.15) is 0 Å². The molecule has 0 aliphatic carbocycles. The molecule has 0 saturated carbocycles. The number of hydrogen-bond donors (Lipinski definition) is 3. The van der Waals surface area contributed by atoms with Crippen LogP contribution in [0.1, 0.15) is 15.9 Å². The Morgan fingerprint density at radius 1 is 1.09 bits per heavy atom. The minimum absolute atomic E-state index is 0.143. The van der Waals surface area contributed by atoms with E-state index >= 15 is 0 Å². The number of amides is 2. The van der Waals surface area contributed by atoms with E-state index in [4.69, 9.17) is 5.73 Å². The fraction of sp³-hybridized carbons (Fsp3) is 0.280. The van der Waals surface area contributed by atoms with E-state index in [9.17, 15) is 9.59 Å². The van der Waals surface area contributed by atoms with Crippen LogP contribution < -0.4 is 11.1 Å². The zero-order valence-corrected chi connectivity index (χ0v) is 18.5. The number of piperazine rings is 1. The molecule has 4 rings (SSSR count). The maximum absolute atomic E-state index is 12.5. The molecule has 1 saturated heterocycles. The minimum atomic E-state index is -0.468. The van der Waals surface area contributed by atoms with Gasteiger partial charge in [-0.1, -0.05) is 24.3 Å². The third-order valence-electron chi connectivity index (χ3n) is 6.10. The number of aromatic nitrogens is 1. The van der Waals surface area contributed by atoms with E-state index in [1.807, 2.05) is 43.3 Å². The summed E-state index contributed by atoms with van der Waals surface area (Å²) in [4.78, 5) is 32.0. The van der Waals surface area contributed by atoms with Gasteiger partial charge in [0.25, 0.3) is 5.91 Å². The summed E-state index contributed by atoms with van der Waals surface area (Å²) < 4.78 is 0. The molecule has 0 unspecified atom stereocenters. The van der Waals surface area contributed by atoms with Gasteiger partial charge in [0.05, 0.1) is 11.1 Å². The number of nitrogens with zero attached hydrogens (tertiary/aromatic N) is 2. The van der Waals surface area contributed by atoms with E-state index in [0.29, 0.717) is 5.56 Å². The zero-order valence-electron chi connectivity index (χ0n) is 18.5. The molecule has 7 heteroatoms. The monoisotopic (exact) mass is 431 g/mol. The molecular formula is C25H29N5O2. The summed E-state index contributed by atoms with van der Waals surface area (Å²) >= 11 is 0. The lowest BCUT2D eigenvalue weighted by Crippen LogP contribution is -2.44. The number of H-pyrrole nitrogens is 1. The normalized spacial score (nSPS) is 15.4. The van der Waals surface area contributed by atoms with Crippen molar-refractivity contribution in [2.75, 3.05) is 45.1 Å². The SMILES string of the molecule is Cc1c(NC(=O)/C=C/CN2CCN(C)CC2)cccc1-c1ccc(C(N)=O)c2[nH]ccc12. The van der Waals surface area contributed by atoms with Crippen LogP contribution in [0.4, 0.5) is 5.69 Å². The average molecular weight is 432 g/mol. The van der Waals surface area contributed by atoms with Crippen LogP contribution in [0.5, 0.6) is 0 Å². The second kappa shape index (κ2) is 9.38. The van der Waals surface area contributed by atoms with Gasteiger partial charge in [0, 0.05) is 56.1 Å². The molecule has 166 valence electrons. The topological polar surface area (TPSA) is 94.5 Å². The Hall–Kier alpha value is -3.42. The summed E-state index contributed by atoms with van der Waals surface area (Å²) in [6.07, 6.45) is 5.33. The third-order valence-corrected chi connectivity index (χ3v) is 6.10. The van der Waals surface area contributed by atoms with Gasteiger partial charge in [0.2, 0.25) is 5.91 Å². The maximum Gasteiger partial charge on any atom is 0.250 e. The van der Waals surface area contributed by atoms with Gasteiger partial charge in [0.15, 0.2) is 0 Å². The van der Waals surface area contributed by atoms with Crippen molar-refractivity contribution >= 4 is 28.4 Å². The highest BCUT2D eigenvalue weighted by atomic mass is 16.1. The summed E-state index contributed by atoms with van der Waals surface area (Å²) in [6.45, 7) is 6.91. The van der Waals surface area contributed by atoms with Crippen LogP contribution in [0.25, 0.3) is 22.0 Å². The number of carbonyl (C=O) groups is 2. The predicted octanol–water partition coefficient (Wildman–Crippen LogP) is 2.98. The smallest absolute Gasteiger partial charge is 0.250 e. The van der Waals surface area contributed by atoms with Crippen LogP contribution in [0.2, 0.25) is 0 Å². The summed E-state index contributed by atoms with van der Waals surface area (Å²) in [5, 5.41) is 3.92. The first-order valence-corrected chi connectivity index (χ1v) is 10.8. The van der Waals surface area contributed by atoms with Gasteiger partial charge >= 0.3 is 0 Å². The second-order valence-corrected chi connectivity index (χ2v) is 8.26. The summed E-state index contributed by atoms with van der Waals surface area (Å²) in [6, 6.07) is 11.4. The highest BCUT2D eigenvalue weighted by Crippen LogP contribution is 2.34. The minimum Gasteiger partial charge on any atom is -0.366 e. The molecular weight excluding hydrogens is 402 g/mol. The van der Waals surface area contributed by atoms with Gasteiger partial charge in [-0.15, -0.1) is 0 Å². The molecule has 3 aromatic rings. The van der Waals surface area contributed by atoms with E-state index in [0.717, 1.165) is 66.0 Å². The Bertz CT molecular complexity index is 1170. The summed E-state index contributed by atoms with van der Waals surface area (Å²) in [7, 11) is 2.13. The first-order valence-electron chi connectivity index (χ1n) is 10.8. The van der Waals surface area contributed by atoms with Crippen LogP contribution in [-0.2, 0) is 4.79 Å². The molecule has 2 heterocycles. The predicted molar refractivity (Wildman–Crippen MR) is 129 cm³/mol. The van der Waals surface area contributed by atoms with Gasteiger partial charge in [-0.25, -0.2) is 0 Å². The lowest BCUT2D eigenvalue weighted by molar-refractivity contribution is -0.111. The quantitative estimate of drug-likeness (QED) is 0.523. The van der Waals surface area contributed by atoms with Gasteiger partial charge < -0.3 is 20.9 Å². The molecule has 1 aliphatic heterocycles. The Morgan fingerprint density at radius 3 is 2.62 bits per heavy atom. The fourth-order valence-corrected chi connectivity index (χ4v) is 4.17. The third kappa shape index (κ3) is 4.59. The van der Waals surface area contributed by atoms with E-state index in [-0.39, 0.29) is 5.91 Å². The Labute approximate surface area is 187 Å². The highest BCUT2D eigenvalue weighted by molar-refractivity contribution is 6.09. The molecule has 32 heavy (non-hydrogen) atoms. The molecule has 1 fully saturated rings. The number of nitrogens with one attached hydrogen (secondary N) is 2. The molecule has 0 bridgehead atoms. The largest absolute Gasteiger partial charge is 0.366 e. The van der Waals surface area contributed by atoms with E-state index in [1.165, 1.54) is 0 Å². The molecule has 0 atom stereocenters. The van der Waals surface area contributed by atoms with E-state index in [2.05, 4.69) is 27.1 Å². The van der Waals surface area contributed by atoms with Crippen molar-refractivity contribution in [3.05, 3.63) is 65.9 Å². The number of hydrogen-bond acceptors (Lipinski definition) is 4. The second-order valence-electron chi connectivity index (χ2n) is 8.26. The number of primary amides is 1. The van der Waals surface area contributed by atoms with Crippen molar-refractivity contribution in [1.82, 2.24) is 14.8 Å². The highest BCUT2D eigenvalue weighted by Gasteiger charge is 2.15. The lowest BCUT2D eigenvalue weighted by Gasteiger charge is -2.31. The maximum atomic E-state index is 12.5. The van der Waals surface area contributed by atoms with Gasteiger partial charge in [-0.3, -0.25) is 14.5 Å². The zero-order chi connectivity index (χ0) is 22.7. The average Bonchev–Trinajstić information content (AvgIpc) is 3.26. The molecule has 1 aliphatic rings. The van der Waals surface area contributed by atoms with Gasteiger partial charge in [0.1, 0.15) is 0 Å². The Balaban J connectivity index is 1.51. The Kier molecular flexibility index (Phi) is 6.39.